The predicted octanol–water partition coefficient (Wildman–Crippen LogP) is 2.99. The number of anilines is 1. The van der Waals surface area contributed by atoms with Gasteiger partial charge in [0.2, 0.25) is 0 Å². The molecule has 0 atom stereocenters. The minimum absolute atomic E-state index is 0.431. The van der Waals surface area contributed by atoms with Crippen LogP contribution in [-0.2, 0) is 0 Å². The summed E-state index contributed by atoms with van der Waals surface area (Å²) in [5.74, 6) is 2.10. The summed E-state index contributed by atoms with van der Waals surface area (Å²) in [5.41, 5.74) is 0.728. The van der Waals surface area contributed by atoms with Gasteiger partial charge in [-0.1, -0.05) is 17.7 Å². The molecule has 2 aromatic rings. The van der Waals surface area contributed by atoms with Crippen LogP contribution in [0.4, 0.5) is 5.82 Å². The number of hydrogen-bond acceptors (Lipinski definition) is 5. The average molecular weight is 318 g/mol. The molecule has 1 saturated heterocycles. The van der Waals surface area contributed by atoms with Gasteiger partial charge in [-0.25, -0.2) is 9.97 Å². The third-order valence-corrected chi connectivity index (χ3v) is 4.10. The summed E-state index contributed by atoms with van der Waals surface area (Å²) in [6.45, 7) is 3.17. The zero-order valence-electron chi connectivity index (χ0n) is 12.4. The quantitative estimate of drug-likeness (QED) is 0.830. The standard InChI is InChI=1S/C16H20ClN5/c17-14-11-15(20-10-6-12-4-8-18-9-5-12)22-16(21-14)13-3-1-2-7-19-13/h1-3,7,11-12,18H,4-6,8-10H2,(H,20,21,22). The van der Waals surface area contributed by atoms with Crippen LogP contribution < -0.4 is 10.6 Å². The SMILES string of the molecule is Clc1cc(NCCC2CCNCC2)nc(-c2ccccn2)n1. The van der Waals surface area contributed by atoms with Gasteiger partial charge in [0.25, 0.3) is 0 Å². The van der Waals surface area contributed by atoms with E-state index in [-0.39, 0.29) is 0 Å². The highest BCUT2D eigenvalue weighted by Crippen LogP contribution is 2.20. The molecule has 1 fully saturated rings. The van der Waals surface area contributed by atoms with Crippen LogP contribution in [0.3, 0.4) is 0 Å². The normalized spacial score (nSPS) is 15.7. The summed E-state index contributed by atoms with van der Waals surface area (Å²) in [4.78, 5) is 13.0. The third-order valence-electron chi connectivity index (χ3n) is 3.91. The molecular formula is C16H20ClN5. The van der Waals surface area contributed by atoms with E-state index in [0.717, 1.165) is 43.5 Å². The van der Waals surface area contributed by atoms with Gasteiger partial charge in [0.15, 0.2) is 5.82 Å². The summed E-state index contributed by atoms with van der Waals surface area (Å²) in [6, 6.07) is 7.42. The van der Waals surface area contributed by atoms with Gasteiger partial charge in [0.05, 0.1) is 0 Å². The number of piperidine rings is 1. The van der Waals surface area contributed by atoms with Crippen molar-refractivity contribution in [3.05, 3.63) is 35.6 Å². The van der Waals surface area contributed by atoms with Gasteiger partial charge in [-0.2, -0.15) is 0 Å². The van der Waals surface area contributed by atoms with E-state index < -0.39 is 0 Å². The Labute approximate surface area is 135 Å². The van der Waals surface area contributed by atoms with E-state index in [1.807, 2.05) is 18.2 Å². The Balaban J connectivity index is 1.62. The first-order chi connectivity index (χ1) is 10.8. The fourth-order valence-electron chi connectivity index (χ4n) is 2.69. The maximum Gasteiger partial charge on any atom is 0.181 e. The fraction of sp³-hybridized carbons (Fsp3) is 0.438. The lowest BCUT2D eigenvalue weighted by molar-refractivity contribution is 0.361. The van der Waals surface area contributed by atoms with Crippen molar-refractivity contribution in [3.8, 4) is 11.5 Å². The van der Waals surface area contributed by atoms with E-state index in [1.54, 1.807) is 12.3 Å². The molecule has 0 spiro atoms. The molecule has 0 radical (unpaired) electrons. The molecule has 116 valence electrons. The van der Waals surface area contributed by atoms with Crippen LogP contribution in [0.15, 0.2) is 30.5 Å². The molecule has 0 amide bonds. The molecule has 3 rings (SSSR count). The zero-order chi connectivity index (χ0) is 15.2. The maximum atomic E-state index is 6.10. The maximum absolute atomic E-state index is 6.10. The van der Waals surface area contributed by atoms with Gasteiger partial charge in [0.1, 0.15) is 16.7 Å². The second-order valence-corrected chi connectivity index (χ2v) is 5.91. The topological polar surface area (TPSA) is 62.7 Å². The smallest absolute Gasteiger partial charge is 0.181 e. The van der Waals surface area contributed by atoms with Crippen molar-refractivity contribution in [1.29, 1.82) is 0 Å². The lowest BCUT2D eigenvalue weighted by Gasteiger charge is -2.22. The molecule has 2 aromatic heterocycles. The molecule has 22 heavy (non-hydrogen) atoms. The van der Waals surface area contributed by atoms with Crippen molar-refractivity contribution in [3.63, 3.8) is 0 Å². The highest BCUT2D eigenvalue weighted by Gasteiger charge is 2.12. The van der Waals surface area contributed by atoms with Crippen LogP contribution in [0.25, 0.3) is 11.5 Å². The molecule has 0 bridgehead atoms. The van der Waals surface area contributed by atoms with Gasteiger partial charge >= 0.3 is 0 Å². The number of nitrogens with zero attached hydrogens (tertiary/aromatic N) is 3. The van der Waals surface area contributed by atoms with E-state index in [9.17, 15) is 0 Å². The Bertz CT molecular complexity index is 599. The van der Waals surface area contributed by atoms with Crippen molar-refractivity contribution < 1.29 is 0 Å². The number of nitrogens with one attached hydrogen (secondary N) is 2. The van der Waals surface area contributed by atoms with Crippen molar-refractivity contribution in [2.45, 2.75) is 19.3 Å². The molecule has 1 aliphatic rings. The lowest BCUT2D eigenvalue weighted by Crippen LogP contribution is -2.28. The van der Waals surface area contributed by atoms with E-state index in [0.29, 0.717) is 11.0 Å². The van der Waals surface area contributed by atoms with Crippen LogP contribution in [-0.4, -0.2) is 34.6 Å². The molecule has 3 heterocycles. The molecule has 0 unspecified atom stereocenters. The Kier molecular flexibility index (Phi) is 5.19. The molecule has 1 aliphatic heterocycles. The minimum Gasteiger partial charge on any atom is -0.370 e. The third kappa shape index (κ3) is 4.15. The molecule has 0 aromatic carbocycles. The van der Waals surface area contributed by atoms with Crippen LogP contribution >= 0.6 is 11.6 Å². The fourth-order valence-corrected chi connectivity index (χ4v) is 2.88. The Morgan fingerprint density at radius 3 is 2.86 bits per heavy atom. The van der Waals surface area contributed by atoms with Crippen molar-refractivity contribution in [2.75, 3.05) is 25.0 Å². The van der Waals surface area contributed by atoms with E-state index >= 15 is 0 Å². The van der Waals surface area contributed by atoms with E-state index in [4.69, 9.17) is 11.6 Å². The number of rotatable bonds is 5. The summed E-state index contributed by atoms with van der Waals surface area (Å²) >= 11 is 6.10. The number of halogens is 1. The number of aromatic nitrogens is 3. The predicted molar refractivity (Wildman–Crippen MR) is 89.0 cm³/mol. The van der Waals surface area contributed by atoms with Gasteiger partial charge in [0, 0.05) is 18.8 Å². The molecule has 0 saturated carbocycles. The molecule has 2 N–H and O–H groups in total. The number of hydrogen-bond donors (Lipinski definition) is 2. The van der Waals surface area contributed by atoms with Gasteiger partial charge in [-0.15, -0.1) is 0 Å². The second-order valence-electron chi connectivity index (χ2n) is 5.52. The monoisotopic (exact) mass is 317 g/mol. The lowest BCUT2D eigenvalue weighted by atomic mass is 9.95. The van der Waals surface area contributed by atoms with Crippen molar-refractivity contribution in [2.24, 2.45) is 5.92 Å². The Morgan fingerprint density at radius 2 is 2.09 bits per heavy atom. The van der Waals surface area contributed by atoms with Gasteiger partial charge in [-0.3, -0.25) is 4.98 Å². The highest BCUT2D eigenvalue weighted by molar-refractivity contribution is 6.29. The largest absolute Gasteiger partial charge is 0.370 e. The van der Waals surface area contributed by atoms with Crippen LogP contribution in [0.2, 0.25) is 5.15 Å². The van der Waals surface area contributed by atoms with Crippen molar-refractivity contribution >= 4 is 17.4 Å². The van der Waals surface area contributed by atoms with E-state index in [2.05, 4.69) is 25.6 Å². The van der Waals surface area contributed by atoms with E-state index in [1.165, 1.54) is 12.8 Å². The molecule has 0 aliphatic carbocycles. The summed E-state index contributed by atoms with van der Waals surface area (Å²) < 4.78 is 0. The Morgan fingerprint density at radius 1 is 1.23 bits per heavy atom. The minimum atomic E-state index is 0.431. The first kappa shape index (κ1) is 15.2. The molecular weight excluding hydrogens is 298 g/mol. The number of pyridine rings is 1. The summed E-state index contributed by atoms with van der Waals surface area (Å²) in [7, 11) is 0. The highest BCUT2D eigenvalue weighted by atomic mass is 35.5. The first-order valence-electron chi connectivity index (χ1n) is 7.72. The van der Waals surface area contributed by atoms with Crippen LogP contribution in [0.5, 0.6) is 0 Å². The van der Waals surface area contributed by atoms with Crippen LogP contribution in [0, 0.1) is 5.92 Å². The summed E-state index contributed by atoms with van der Waals surface area (Å²) in [6.07, 6.45) is 5.39. The van der Waals surface area contributed by atoms with Gasteiger partial charge < -0.3 is 10.6 Å². The second kappa shape index (κ2) is 7.51. The van der Waals surface area contributed by atoms with Crippen LogP contribution in [0.1, 0.15) is 19.3 Å². The molecule has 5 nitrogen and oxygen atoms in total. The van der Waals surface area contributed by atoms with Crippen molar-refractivity contribution in [1.82, 2.24) is 20.3 Å². The van der Waals surface area contributed by atoms with Gasteiger partial charge in [-0.05, 0) is 50.4 Å². The molecule has 6 heteroatoms. The Hall–Kier alpha value is -1.72. The first-order valence-corrected chi connectivity index (χ1v) is 8.09. The zero-order valence-corrected chi connectivity index (χ0v) is 13.2. The summed E-state index contributed by atoms with van der Waals surface area (Å²) in [5, 5.41) is 7.18. The average Bonchev–Trinajstić information content (AvgIpc) is 2.56.